The van der Waals surface area contributed by atoms with Crippen molar-refractivity contribution in [3.8, 4) is 11.1 Å². The zero-order chi connectivity index (χ0) is 22.3. The largest absolute Gasteiger partial charge is 0.480 e. The van der Waals surface area contributed by atoms with Crippen LogP contribution in [0.25, 0.3) is 11.1 Å². The van der Waals surface area contributed by atoms with Crippen LogP contribution in [0, 0.1) is 0 Å². The van der Waals surface area contributed by atoms with Crippen molar-refractivity contribution in [1.82, 2.24) is 10.2 Å². The quantitative estimate of drug-likeness (QED) is 0.767. The molecule has 2 aromatic carbocycles. The number of carbonyl (C=O) groups is 3. The summed E-state index contributed by atoms with van der Waals surface area (Å²) in [7, 11) is 0. The minimum Gasteiger partial charge on any atom is -0.480 e. The fourth-order valence-electron chi connectivity index (χ4n) is 4.47. The number of likely N-dealkylation sites (tertiary alicyclic amines) is 1. The Balaban J connectivity index is 1.47. The maximum atomic E-state index is 14.3. The van der Waals surface area contributed by atoms with Crippen LogP contribution in [0.4, 0.5) is 8.78 Å². The number of alkyl halides is 2. The number of nitrogens with one attached hydrogen (secondary N) is 1. The SMILES string of the molecule is CC1c2ccccc2-c2cc(C(=O)NCC(=O)N3C[C@@](F)(CF)C[C@H]3C(=O)O)ccc21. The molecule has 2 aromatic rings. The minimum atomic E-state index is -2.38. The first-order chi connectivity index (χ1) is 14.7. The van der Waals surface area contributed by atoms with Gasteiger partial charge in [-0.15, -0.1) is 0 Å². The van der Waals surface area contributed by atoms with Crippen LogP contribution in [0.2, 0.25) is 0 Å². The van der Waals surface area contributed by atoms with Crippen LogP contribution in [0.3, 0.4) is 0 Å². The summed E-state index contributed by atoms with van der Waals surface area (Å²) in [5.74, 6) is -2.46. The van der Waals surface area contributed by atoms with E-state index in [1.54, 1.807) is 12.1 Å². The predicted octanol–water partition coefficient (Wildman–Crippen LogP) is 2.91. The molecule has 0 radical (unpaired) electrons. The molecule has 3 atom stereocenters. The van der Waals surface area contributed by atoms with E-state index in [-0.39, 0.29) is 5.92 Å². The van der Waals surface area contributed by atoms with E-state index >= 15 is 0 Å². The topological polar surface area (TPSA) is 86.7 Å². The van der Waals surface area contributed by atoms with Crippen molar-refractivity contribution in [3.05, 3.63) is 59.2 Å². The first-order valence-corrected chi connectivity index (χ1v) is 10.0. The number of fused-ring (bicyclic) bond motifs is 3. The summed E-state index contributed by atoms with van der Waals surface area (Å²) in [6.45, 7) is -0.431. The fourth-order valence-corrected chi connectivity index (χ4v) is 4.47. The molecule has 2 amide bonds. The van der Waals surface area contributed by atoms with E-state index < -0.39 is 55.7 Å². The van der Waals surface area contributed by atoms with E-state index in [0.29, 0.717) is 5.56 Å². The molecule has 2 aliphatic rings. The highest BCUT2D eigenvalue weighted by Gasteiger charge is 2.49. The lowest BCUT2D eigenvalue weighted by atomic mass is 9.98. The number of hydrogen-bond acceptors (Lipinski definition) is 3. The fraction of sp³-hybridized carbons (Fsp3) is 0.348. The molecule has 0 aromatic heterocycles. The molecule has 4 rings (SSSR count). The van der Waals surface area contributed by atoms with Gasteiger partial charge in [-0.1, -0.05) is 37.3 Å². The Hall–Kier alpha value is -3.29. The first kappa shape index (κ1) is 21.0. The van der Waals surface area contributed by atoms with E-state index in [2.05, 4.69) is 18.3 Å². The zero-order valence-corrected chi connectivity index (χ0v) is 16.9. The van der Waals surface area contributed by atoms with E-state index in [1.165, 1.54) is 5.56 Å². The Labute approximate surface area is 177 Å². The van der Waals surface area contributed by atoms with Gasteiger partial charge < -0.3 is 15.3 Å². The number of carboxylic acid groups (broad SMARTS) is 1. The van der Waals surface area contributed by atoms with Crippen LogP contribution in [0.5, 0.6) is 0 Å². The Kier molecular flexibility index (Phi) is 5.24. The molecule has 0 bridgehead atoms. The van der Waals surface area contributed by atoms with Crippen molar-refractivity contribution in [2.24, 2.45) is 0 Å². The van der Waals surface area contributed by atoms with Crippen LogP contribution in [0.1, 0.15) is 40.7 Å². The van der Waals surface area contributed by atoms with Crippen molar-refractivity contribution in [1.29, 1.82) is 0 Å². The Morgan fingerprint density at radius 1 is 1.16 bits per heavy atom. The third-order valence-electron chi connectivity index (χ3n) is 6.13. The van der Waals surface area contributed by atoms with Gasteiger partial charge in [-0.2, -0.15) is 0 Å². The standard InChI is InChI=1S/C23H22F2N2O4/c1-13-15-4-2-3-5-17(15)18-8-14(6-7-16(13)18)21(29)26-10-20(28)27-12-23(25,11-24)9-19(27)22(30)31/h2-8,13,19H,9-12H2,1H3,(H,26,29)(H,30,31)/t13?,19-,23-/m0/s1. The Morgan fingerprint density at radius 2 is 1.87 bits per heavy atom. The molecule has 1 aliphatic carbocycles. The molecule has 1 heterocycles. The smallest absolute Gasteiger partial charge is 0.326 e. The molecule has 162 valence electrons. The molecular weight excluding hydrogens is 406 g/mol. The van der Waals surface area contributed by atoms with Gasteiger partial charge in [0.1, 0.15) is 12.7 Å². The summed E-state index contributed by atoms with van der Waals surface area (Å²) < 4.78 is 27.2. The number of hydrogen-bond donors (Lipinski definition) is 2. The van der Waals surface area contributed by atoms with Gasteiger partial charge in [0.25, 0.3) is 5.91 Å². The molecule has 6 nitrogen and oxygen atoms in total. The van der Waals surface area contributed by atoms with E-state index in [4.69, 9.17) is 0 Å². The lowest BCUT2D eigenvalue weighted by Gasteiger charge is -2.21. The first-order valence-electron chi connectivity index (χ1n) is 10.0. The number of halogens is 2. The van der Waals surface area contributed by atoms with Crippen molar-refractivity contribution >= 4 is 17.8 Å². The van der Waals surface area contributed by atoms with Crippen LogP contribution in [-0.4, -0.2) is 59.3 Å². The van der Waals surface area contributed by atoms with Gasteiger partial charge in [0, 0.05) is 17.9 Å². The third kappa shape index (κ3) is 3.66. The molecular formula is C23H22F2N2O4. The molecule has 0 spiro atoms. The summed E-state index contributed by atoms with van der Waals surface area (Å²) in [6.07, 6.45) is -0.610. The summed E-state index contributed by atoms with van der Waals surface area (Å²) >= 11 is 0. The second kappa shape index (κ2) is 7.76. The minimum absolute atomic E-state index is 0.212. The molecule has 1 aliphatic heterocycles. The maximum absolute atomic E-state index is 14.3. The van der Waals surface area contributed by atoms with E-state index in [1.807, 2.05) is 24.3 Å². The second-order valence-corrected chi connectivity index (χ2v) is 8.16. The summed E-state index contributed by atoms with van der Waals surface area (Å²) in [4.78, 5) is 37.2. The van der Waals surface area contributed by atoms with Gasteiger partial charge in [-0.3, -0.25) is 9.59 Å². The predicted molar refractivity (Wildman–Crippen MR) is 109 cm³/mol. The number of aliphatic carboxylic acids is 1. The molecule has 1 saturated heterocycles. The lowest BCUT2D eigenvalue weighted by Crippen LogP contribution is -2.46. The molecule has 1 unspecified atom stereocenters. The summed E-state index contributed by atoms with van der Waals surface area (Å²) in [6, 6.07) is 11.8. The van der Waals surface area contributed by atoms with E-state index in [9.17, 15) is 28.3 Å². The summed E-state index contributed by atoms with van der Waals surface area (Å²) in [5, 5.41) is 11.7. The number of carbonyl (C=O) groups excluding carboxylic acids is 2. The van der Waals surface area contributed by atoms with Gasteiger partial charge in [0.2, 0.25) is 5.91 Å². The van der Waals surface area contributed by atoms with Crippen molar-refractivity contribution in [2.45, 2.75) is 31.0 Å². The Bertz CT molecular complexity index is 1070. The maximum Gasteiger partial charge on any atom is 0.326 e. The average Bonchev–Trinajstić information content (AvgIpc) is 3.28. The van der Waals surface area contributed by atoms with Crippen molar-refractivity contribution in [3.63, 3.8) is 0 Å². The number of rotatable bonds is 5. The molecule has 8 heteroatoms. The highest BCUT2D eigenvalue weighted by atomic mass is 19.2. The van der Waals surface area contributed by atoms with Crippen molar-refractivity contribution in [2.75, 3.05) is 19.8 Å². The van der Waals surface area contributed by atoms with Crippen LogP contribution in [0.15, 0.2) is 42.5 Å². The highest BCUT2D eigenvalue weighted by molar-refractivity contribution is 5.98. The monoisotopic (exact) mass is 428 g/mol. The molecule has 31 heavy (non-hydrogen) atoms. The van der Waals surface area contributed by atoms with Gasteiger partial charge in [-0.05, 0) is 34.4 Å². The molecule has 2 N–H and O–H groups in total. The van der Waals surface area contributed by atoms with E-state index in [0.717, 1.165) is 21.6 Å². The number of carboxylic acids is 1. The Morgan fingerprint density at radius 3 is 2.58 bits per heavy atom. The van der Waals surface area contributed by atoms with Crippen LogP contribution in [-0.2, 0) is 9.59 Å². The zero-order valence-electron chi connectivity index (χ0n) is 16.9. The van der Waals surface area contributed by atoms with Crippen molar-refractivity contribution < 1.29 is 28.3 Å². The highest BCUT2D eigenvalue weighted by Crippen LogP contribution is 2.44. The van der Waals surface area contributed by atoms with Crippen LogP contribution < -0.4 is 5.32 Å². The number of benzene rings is 2. The lowest BCUT2D eigenvalue weighted by molar-refractivity contribution is -0.147. The average molecular weight is 428 g/mol. The third-order valence-corrected chi connectivity index (χ3v) is 6.13. The van der Waals surface area contributed by atoms with Gasteiger partial charge in [0.05, 0.1) is 13.1 Å². The van der Waals surface area contributed by atoms with Gasteiger partial charge >= 0.3 is 5.97 Å². The van der Waals surface area contributed by atoms with Gasteiger partial charge in [-0.25, -0.2) is 13.6 Å². The second-order valence-electron chi connectivity index (χ2n) is 8.16. The number of nitrogens with zero attached hydrogens (tertiary/aromatic N) is 1. The number of amides is 2. The summed E-state index contributed by atoms with van der Waals surface area (Å²) in [5.41, 5.74) is 2.28. The van der Waals surface area contributed by atoms with Gasteiger partial charge in [0.15, 0.2) is 5.67 Å². The molecule has 0 saturated carbocycles. The van der Waals surface area contributed by atoms with Crippen LogP contribution >= 0.6 is 0 Å². The normalized spacial score (nSPS) is 23.9. The molecule has 1 fully saturated rings.